The average Bonchev–Trinajstić information content (AvgIpc) is 3.00. The third kappa shape index (κ3) is 5.49. The largest absolute Gasteiger partial charge is 0.350 e. The fourth-order valence-electron chi connectivity index (χ4n) is 3.40. The van der Waals surface area contributed by atoms with Gasteiger partial charge < -0.3 is 10.2 Å². The van der Waals surface area contributed by atoms with Crippen molar-refractivity contribution in [3.8, 4) is 0 Å². The first-order valence-electron chi connectivity index (χ1n) is 10.1. The summed E-state index contributed by atoms with van der Waals surface area (Å²) in [6.45, 7) is 4.93. The van der Waals surface area contributed by atoms with Crippen LogP contribution in [0.25, 0.3) is 0 Å². The van der Waals surface area contributed by atoms with Crippen molar-refractivity contribution in [1.29, 1.82) is 0 Å². The van der Waals surface area contributed by atoms with E-state index in [2.05, 4.69) is 46.5 Å². The van der Waals surface area contributed by atoms with E-state index in [9.17, 15) is 4.79 Å². The number of hydrogen-bond acceptors (Lipinski definition) is 3. The first kappa shape index (κ1) is 22.1. The lowest BCUT2D eigenvalue weighted by molar-refractivity contribution is 0.0941. The Labute approximate surface area is 183 Å². The molecule has 1 aromatic heterocycles. The molecule has 1 amide bonds. The van der Waals surface area contributed by atoms with Crippen molar-refractivity contribution < 1.29 is 4.79 Å². The topological polar surface area (TPSA) is 50.2 Å². The number of nitrogens with zero attached hydrogens (tertiary/aromatic N) is 3. The molecule has 0 radical (unpaired) electrons. The molecule has 3 rings (SSSR count). The number of aryl methyl sites for hydroxylation is 2. The molecule has 2 aromatic carbocycles. The maximum Gasteiger partial charge on any atom is 0.256 e. The predicted molar refractivity (Wildman–Crippen MR) is 122 cm³/mol. The van der Waals surface area contributed by atoms with E-state index in [0.29, 0.717) is 29.5 Å². The van der Waals surface area contributed by atoms with E-state index < -0.39 is 0 Å². The van der Waals surface area contributed by atoms with Gasteiger partial charge in [0.15, 0.2) is 0 Å². The number of hydrogen-bond donors (Lipinski definition) is 1. The Hall–Kier alpha value is -2.63. The molecule has 5 nitrogen and oxygen atoms in total. The highest BCUT2D eigenvalue weighted by Gasteiger charge is 2.22. The zero-order valence-corrected chi connectivity index (χ0v) is 18.8. The summed E-state index contributed by atoms with van der Waals surface area (Å²) >= 11 is 6.54. The molecular weight excluding hydrogens is 396 g/mol. The molecule has 0 aliphatic rings. The van der Waals surface area contributed by atoms with Crippen LogP contribution in [-0.4, -0.2) is 47.3 Å². The van der Waals surface area contributed by atoms with Gasteiger partial charge in [0.1, 0.15) is 5.15 Å². The van der Waals surface area contributed by atoms with Crippen LogP contribution in [0.3, 0.4) is 0 Å². The van der Waals surface area contributed by atoms with Crippen LogP contribution in [0.2, 0.25) is 5.15 Å². The highest BCUT2D eigenvalue weighted by atomic mass is 35.5. The monoisotopic (exact) mass is 424 g/mol. The zero-order chi connectivity index (χ0) is 21.7. The summed E-state index contributed by atoms with van der Waals surface area (Å²) in [5, 5.41) is 7.91. The molecule has 3 aromatic rings. The summed E-state index contributed by atoms with van der Waals surface area (Å²) in [5.41, 5.74) is 4.61. The number of carbonyl (C=O) groups is 1. The van der Waals surface area contributed by atoms with Crippen molar-refractivity contribution in [2.45, 2.75) is 32.9 Å². The van der Waals surface area contributed by atoms with E-state index in [1.54, 1.807) is 4.68 Å². The van der Waals surface area contributed by atoms with Gasteiger partial charge in [0.25, 0.3) is 5.91 Å². The molecule has 0 bridgehead atoms. The molecule has 1 N–H and O–H groups in total. The molecule has 6 heteroatoms. The standard InChI is InChI=1S/C24H29ClN4O/c1-17-10-12-20(13-11-17)16-29-23(25)22(18(2)27-29)24(30)26-15-21(28(3)4)14-19-8-6-5-7-9-19/h5-13,21H,14-16H2,1-4H3,(H,26,30)/t21-/m1/s1. The van der Waals surface area contributed by atoms with Crippen LogP contribution in [-0.2, 0) is 13.0 Å². The molecule has 0 unspecified atom stereocenters. The van der Waals surface area contributed by atoms with Crippen molar-refractivity contribution in [2.75, 3.05) is 20.6 Å². The fourth-order valence-corrected chi connectivity index (χ4v) is 3.72. The molecule has 0 fully saturated rings. The minimum Gasteiger partial charge on any atom is -0.350 e. The van der Waals surface area contributed by atoms with Crippen LogP contribution in [0.4, 0.5) is 0 Å². The van der Waals surface area contributed by atoms with E-state index in [0.717, 1.165) is 12.0 Å². The van der Waals surface area contributed by atoms with E-state index in [4.69, 9.17) is 11.6 Å². The summed E-state index contributed by atoms with van der Waals surface area (Å²) in [5.74, 6) is -0.187. The predicted octanol–water partition coefficient (Wildman–Crippen LogP) is 4.10. The van der Waals surface area contributed by atoms with Gasteiger partial charge in [-0.3, -0.25) is 4.79 Å². The second kappa shape index (κ2) is 9.92. The molecule has 1 heterocycles. The summed E-state index contributed by atoms with van der Waals surface area (Å²) in [6.07, 6.45) is 0.855. The van der Waals surface area contributed by atoms with Crippen molar-refractivity contribution in [2.24, 2.45) is 0 Å². The van der Waals surface area contributed by atoms with Gasteiger partial charge in [-0.05, 0) is 45.5 Å². The van der Waals surface area contributed by atoms with Crippen molar-refractivity contribution in [3.05, 3.63) is 87.7 Å². The van der Waals surface area contributed by atoms with Crippen LogP contribution < -0.4 is 5.32 Å². The van der Waals surface area contributed by atoms with Crippen molar-refractivity contribution >= 4 is 17.5 Å². The zero-order valence-electron chi connectivity index (χ0n) is 18.0. The Morgan fingerprint density at radius 1 is 1.07 bits per heavy atom. The number of nitrogens with one attached hydrogen (secondary N) is 1. The lowest BCUT2D eigenvalue weighted by atomic mass is 10.1. The molecule has 0 aliphatic carbocycles. The van der Waals surface area contributed by atoms with Gasteiger partial charge in [-0.25, -0.2) is 4.68 Å². The Morgan fingerprint density at radius 2 is 1.73 bits per heavy atom. The Kier molecular flexibility index (Phi) is 7.29. The first-order chi connectivity index (χ1) is 14.3. The highest BCUT2D eigenvalue weighted by molar-refractivity contribution is 6.33. The van der Waals surface area contributed by atoms with E-state index in [-0.39, 0.29) is 11.9 Å². The number of benzene rings is 2. The number of likely N-dealkylation sites (N-methyl/N-ethyl adjacent to an activating group) is 1. The smallest absolute Gasteiger partial charge is 0.256 e. The molecule has 1 atom stereocenters. The molecule has 0 spiro atoms. The summed E-state index contributed by atoms with van der Waals surface area (Å²) in [7, 11) is 4.05. The van der Waals surface area contributed by atoms with Crippen LogP contribution in [0.15, 0.2) is 54.6 Å². The summed E-state index contributed by atoms with van der Waals surface area (Å²) in [4.78, 5) is 15.0. The maximum atomic E-state index is 12.9. The lowest BCUT2D eigenvalue weighted by Crippen LogP contribution is -2.41. The normalized spacial score (nSPS) is 12.2. The molecular formula is C24H29ClN4O. The molecule has 0 saturated heterocycles. The van der Waals surface area contributed by atoms with Crippen molar-refractivity contribution in [3.63, 3.8) is 0 Å². The van der Waals surface area contributed by atoms with Gasteiger partial charge in [-0.2, -0.15) is 5.10 Å². The van der Waals surface area contributed by atoms with Gasteiger partial charge in [-0.15, -0.1) is 0 Å². The highest BCUT2D eigenvalue weighted by Crippen LogP contribution is 2.21. The minimum absolute atomic E-state index is 0.179. The Balaban J connectivity index is 1.68. The summed E-state index contributed by atoms with van der Waals surface area (Å²) < 4.78 is 1.68. The third-order valence-electron chi connectivity index (χ3n) is 5.29. The number of aromatic nitrogens is 2. The van der Waals surface area contributed by atoms with Crippen molar-refractivity contribution in [1.82, 2.24) is 20.0 Å². The lowest BCUT2D eigenvalue weighted by Gasteiger charge is -2.24. The van der Waals surface area contributed by atoms with Gasteiger partial charge in [0, 0.05) is 12.6 Å². The molecule has 30 heavy (non-hydrogen) atoms. The number of rotatable bonds is 8. The van der Waals surface area contributed by atoms with Gasteiger partial charge >= 0.3 is 0 Å². The second-order valence-corrected chi connectivity index (χ2v) is 8.27. The van der Waals surface area contributed by atoms with Gasteiger partial charge in [0.05, 0.1) is 17.8 Å². The number of carbonyl (C=O) groups excluding carboxylic acids is 1. The number of amides is 1. The first-order valence-corrected chi connectivity index (χ1v) is 10.5. The van der Waals surface area contributed by atoms with Gasteiger partial charge in [0.2, 0.25) is 0 Å². The van der Waals surface area contributed by atoms with Crippen LogP contribution >= 0.6 is 11.6 Å². The number of halogens is 1. The summed E-state index contributed by atoms with van der Waals surface area (Å²) in [6, 6.07) is 18.7. The van der Waals surface area contributed by atoms with Crippen LogP contribution in [0.5, 0.6) is 0 Å². The quantitative estimate of drug-likeness (QED) is 0.592. The maximum absolute atomic E-state index is 12.9. The van der Waals surface area contributed by atoms with E-state index in [1.807, 2.05) is 51.4 Å². The Bertz CT molecular complexity index is 980. The van der Waals surface area contributed by atoms with Crippen LogP contribution in [0, 0.1) is 13.8 Å². The minimum atomic E-state index is -0.187. The average molecular weight is 425 g/mol. The van der Waals surface area contributed by atoms with Crippen LogP contribution in [0.1, 0.15) is 32.7 Å². The second-order valence-electron chi connectivity index (χ2n) is 7.91. The van der Waals surface area contributed by atoms with Gasteiger partial charge in [-0.1, -0.05) is 71.8 Å². The third-order valence-corrected chi connectivity index (χ3v) is 5.67. The van der Waals surface area contributed by atoms with E-state index in [1.165, 1.54) is 11.1 Å². The molecule has 158 valence electrons. The SMILES string of the molecule is Cc1ccc(Cn2nc(C)c(C(=O)NC[C@@H](Cc3ccccc3)N(C)C)c2Cl)cc1. The van der Waals surface area contributed by atoms with E-state index >= 15 is 0 Å². The Morgan fingerprint density at radius 3 is 2.37 bits per heavy atom. The molecule has 0 saturated carbocycles. The fraction of sp³-hybridized carbons (Fsp3) is 0.333. The molecule has 0 aliphatic heterocycles.